The summed E-state index contributed by atoms with van der Waals surface area (Å²) in [5, 5.41) is 11.8. The number of nitrogens with one attached hydrogen (secondary N) is 1. The number of aryl methyl sites for hydroxylation is 2. The van der Waals surface area contributed by atoms with E-state index in [2.05, 4.69) is 17.4 Å². The molecule has 2 N–H and O–H groups in total. The summed E-state index contributed by atoms with van der Waals surface area (Å²) in [4.78, 5) is 25.6. The molecule has 1 atom stereocenters. The van der Waals surface area contributed by atoms with Gasteiger partial charge in [0, 0.05) is 16.2 Å². The van der Waals surface area contributed by atoms with Gasteiger partial charge < -0.3 is 10.4 Å². The molecule has 1 unspecified atom stereocenters. The second kappa shape index (κ2) is 8.59. The van der Waals surface area contributed by atoms with E-state index in [0.717, 1.165) is 6.42 Å². The second-order valence-corrected chi connectivity index (χ2v) is 7.01. The number of carboxylic acid groups (broad SMARTS) is 1. The number of carbonyl (C=O) groups is 2. The van der Waals surface area contributed by atoms with Crippen molar-refractivity contribution in [1.82, 2.24) is 5.32 Å². The fraction of sp³-hybridized carbons (Fsp3) is 0.333. The molecule has 1 aromatic carbocycles. The van der Waals surface area contributed by atoms with Crippen molar-refractivity contribution in [3.8, 4) is 0 Å². The van der Waals surface area contributed by atoms with Gasteiger partial charge >= 0.3 is 5.97 Å². The van der Waals surface area contributed by atoms with E-state index in [1.54, 1.807) is 11.3 Å². The van der Waals surface area contributed by atoms with Gasteiger partial charge in [0.05, 0.1) is 12.5 Å². The normalized spacial score (nSPS) is 11.9. The minimum absolute atomic E-state index is 0.196. The number of hydrogen-bond donors (Lipinski definition) is 2. The molecule has 2 rings (SSSR count). The highest BCUT2D eigenvalue weighted by Crippen LogP contribution is 2.19. The van der Waals surface area contributed by atoms with E-state index < -0.39 is 17.8 Å². The Labute approximate surface area is 144 Å². The van der Waals surface area contributed by atoms with E-state index in [0.29, 0.717) is 18.4 Å². The predicted octanol–water partition coefficient (Wildman–Crippen LogP) is 3.85. The lowest BCUT2D eigenvalue weighted by Gasteiger charge is -2.17. The highest BCUT2D eigenvalue weighted by atomic mass is 32.1. The topological polar surface area (TPSA) is 66.4 Å². The van der Waals surface area contributed by atoms with Gasteiger partial charge in [0.25, 0.3) is 0 Å². The largest absolute Gasteiger partial charge is 0.481 e. The van der Waals surface area contributed by atoms with E-state index in [4.69, 9.17) is 5.11 Å². The van der Waals surface area contributed by atoms with Crippen molar-refractivity contribution in [1.29, 1.82) is 0 Å². The van der Waals surface area contributed by atoms with E-state index >= 15 is 0 Å². The maximum Gasteiger partial charge on any atom is 0.305 e. The van der Waals surface area contributed by atoms with Crippen molar-refractivity contribution in [2.75, 3.05) is 0 Å². The third kappa shape index (κ3) is 5.77. The third-order valence-electron chi connectivity index (χ3n) is 3.61. The lowest BCUT2D eigenvalue weighted by atomic mass is 10.0. The van der Waals surface area contributed by atoms with Crippen LogP contribution >= 0.6 is 11.3 Å². The molecule has 2 aromatic rings. The van der Waals surface area contributed by atoms with Crippen LogP contribution in [0, 0.1) is 12.7 Å². The first-order chi connectivity index (χ1) is 11.4. The predicted molar refractivity (Wildman–Crippen MR) is 91.5 cm³/mol. The summed E-state index contributed by atoms with van der Waals surface area (Å²) >= 11 is 1.71. The number of amides is 1. The lowest BCUT2D eigenvalue weighted by Crippen LogP contribution is -2.30. The van der Waals surface area contributed by atoms with Crippen molar-refractivity contribution in [2.45, 2.75) is 38.6 Å². The summed E-state index contributed by atoms with van der Waals surface area (Å²) in [7, 11) is 0. The van der Waals surface area contributed by atoms with Crippen molar-refractivity contribution in [2.24, 2.45) is 0 Å². The zero-order valence-electron chi connectivity index (χ0n) is 13.4. The summed E-state index contributed by atoms with van der Waals surface area (Å²) in [5.41, 5.74) is 0.584. The summed E-state index contributed by atoms with van der Waals surface area (Å²) in [6, 6.07) is 8.97. The molecule has 128 valence electrons. The maximum absolute atomic E-state index is 13.0. The quantitative estimate of drug-likeness (QED) is 0.761. The van der Waals surface area contributed by atoms with Gasteiger partial charge in [-0.3, -0.25) is 9.59 Å². The molecule has 0 bridgehead atoms. The van der Waals surface area contributed by atoms with E-state index in [1.807, 2.05) is 6.92 Å². The van der Waals surface area contributed by atoms with Gasteiger partial charge in [-0.2, -0.15) is 0 Å². The molecule has 1 amide bonds. The fourth-order valence-corrected chi connectivity index (χ4v) is 3.36. The molecule has 4 nitrogen and oxygen atoms in total. The zero-order valence-corrected chi connectivity index (χ0v) is 14.2. The molecule has 0 saturated carbocycles. The number of halogens is 1. The molecule has 0 spiro atoms. The minimum Gasteiger partial charge on any atom is -0.481 e. The molecular weight excluding hydrogens is 329 g/mol. The van der Waals surface area contributed by atoms with Gasteiger partial charge in [0.15, 0.2) is 0 Å². The van der Waals surface area contributed by atoms with Crippen LogP contribution in [0.4, 0.5) is 4.39 Å². The molecule has 1 aromatic heterocycles. The number of carbonyl (C=O) groups excluding carboxylic acids is 1. The van der Waals surface area contributed by atoms with E-state index in [1.165, 1.54) is 34.0 Å². The third-order valence-corrected chi connectivity index (χ3v) is 4.67. The molecule has 0 aliphatic heterocycles. The minimum atomic E-state index is -1.02. The first-order valence-corrected chi connectivity index (χ1v) is 8.57. The van der Waals surface area contributed by atoms with Crippen LogP contribution in [-0.4, -0.2) is 17.0 Å². The fourth-order valence-electron chi connectivity index (χ4n) is 2.43. The van der Waals surface area contributed by atoms with E-state index in [9.17, 15) is 14.0 Å². The Morgan fingerprint density at radius 1 is 1.21 bits per heavy atom. The average molecular weight is 349 g/mol. The van der Waals surface area contributed by atoms with Crippen LogP contribution in [0.5, 0.6) is 0 Å². The van der Waals surface area contributed by atoms with Crippen LogP contribution in [0.15, 0.2) is 36.4 Å². The zero-order chi connectivity index (χ0) is 17.5. The Kier molecular flexibility index (Phi) is 6.49. The molecule has 1 heterocycles. The Bertz CT molecular complexity index is 697. The van der Waals surface area contributed by atoms with Crippen molar-refractivity contribution in [3.63, 3.8) is 0 Å². The van der Waals surface area contributed by atoms with Gasteiger partial charge in [0.1, 0.15) is 5.82 Å². The van der Waals surface area contributed by atoms with Gasteiger partial charge in [-0.25, -0.2) is 4.39 Å². The number of thiophene rings is 1. The number of aliphatic carboxylic acids is 1. The van der Waals surface area contributed by atoms with Crippen molar-refractivity contribution in [3.05, 3.63) is 57.5 Å². The highest BCUT2D eigenvalue weighted by Gasteiger charge is 2.18. The molecule has 0 saturated heterocycles. The summed E-state index contributed by atoms with van der Waals surface area (Å²) in [5.74, 6) is -1.61. The van der Waals surface area contributed by atoms with E-state index in [-0.39, 0.29) is 12.3 Å². The molecule has 0 aliphatic carbocycles. The summed E-state index contributed by atoms with van der Waals surface area (Å²) < 4.78 is 13.0. The highest BCUT2D eigenvalue weighted by molar-refractivity contribution is 7.11. The first kappa shape index (κ1) is 18.1. The molecular formula is C18H20FNO3S. The molecule has 6 heteroatoms. The maximum atomic E-state index is 13.0. The smallest absolute Gasteiger partial charge is 0.305 e. The van der Waals surface area contributed by atoms with Crippen LogP contribution in [0.3, 0.4) is 0 Å². The van der Waals surface area contributed by atoms with Crippen LogP contribution in [-0.2, 0) is 16.0 Å². The standard InChI is InChI=1S/C18H20FNO3S/c1-12-5-10-15(24-12)3-2-4-17(21)20-16(11-18(22)23)13-6-8-14(19)9-7-13/h5-10,16H,2-4,11H2,1H3,(H,20,21)(H,22,23). The molecule has 24 heavy (non-hydrogen) atoms. The van der Waals surface area contributed by atoms with Crippen LogP contribution in [0.25, 0.3) is 0 Å². The van der Waals surface area contributed by atoms with Crippen molar-refractivity contribution < 1.29 is 19.1 Å². The SMILES string of the molecule is Cc1ccc(CCCC(=O)NC(CC(=O)O)c2ccc(F)cc2)s1. The monoisotopic (exact) mass is 349 g/mol. The Hall–Kier alpha value is -2.21. The van der Waals surface area contributed by atoms with Crippen LogP contribution < -0.4 is 5.32 Å². The molecule has 0 fully saturated rings. The van der Waals surface area contributed by atoms with Crippen LogP contribution in [0.2, 0.25) is 0 Å². The Morgan fingerprint density at radius 2 is 1.92 bits per heavy atom. The summed E-state index contributed by atoms with van der Waals surface area (Å²) in [6.07, 6.45) is 1.62. The van der Waals surface area contributed by atoms with Crippen molar-refractivity contribution >= 4 is 23.2 Å². The number of benzene rings is 1. The number of rotatable bonds is 8. The van der Waals surface area contributed by atoms with Crippen LogP contribution in [0.1, 0.15) is 40.6 Å². The molecule has 0 radical (unpaired) electrons. The van der Waals surface area contributed by atoms with Gasteiger partial charge in [-0.15, -0.1) is 11.3 Å². The first-order valence-electron chi connectivity index (χ1n) is 7.76. The number of carboxylic acids is 1. The molecule has 0 aliphatic rings. The van der Waals surface area contributed by atoms with Gasteiger partial charge in [-0.1, -0.05) is 12.1 Å². The summed E-state index contributed by atoms with van der Waals surface area (Å²) in [6.45, 7) is 2.04. The second-order valence-electron chi connectivity index (χ2n) is 5.64. The Morgan fingerprint density at radius 3 is 2.50 bits per heavy atom. The lowest BCUT2D eigenvalue weighted by molar-refractivity contribution is -0.137. The Balaban J connectivity index is 1.89. The average Bonchev–Trinajstić information content (AvgIpc) is 2.92. The van der Waals surface area contributed by atoms with Gasteiger partial charge in [0.2, 0.25) is 5.91 Å². The number of hydrogen-bond acceptors (Lipinski definition) is 3. The van der Waals surface area contributed by atoms with Gasteiger partial charge in [-0.05, 0) is 49.6 Å².